The minimum atomic E-state index is -0.870. The third kappa shape index (κ3) is 26.6. The van der Waals surface area contributed by atoms with E-state index in [1.807, 2.05) is 0 Å². The first kappa shape index (κ1) is 95.1. The molecule has 1 aliphatic carbocycles. The van der Waals surface area contributed by atoms with Gasteiger partial charge in [-0.25, -0.2) is 0 Å². The Morgan fingerprint density at radius 1 is 0.198 bits per heavy atom. The molecule has 116 heavy (non-hydrogen) atoms. The van der Waals surface area contributed by atoms with Gasteiger partial charge in [-0.05, 0) is 105 Å². The zero-order chi connectivity index (χ0) is 81.9. The van der Waals surface area contributed by atoms with Crippen LogP contribution < -0.4 is 59.7 Å². The molecule has 8 bridgehead atoms. The number of unbranched alkanes of at least 4 members (excludes halogenated alkanes) is 32. The molecule has 4 aromatic rings. The minimum absolute atomic E-state index is 0.207. The SMILES string of the molecule is CCCCCCCCCCCC1c2cc3c4c(B(OCC)OCC)c2OCCOc2c1cc1c(c2B(OCC)OCC)OCCOc2c(cc5c(c2B(OCC)OCC)OCCOc2c(cc(c(c2B(OCC)OCC)OCCO4)C3CCCCCCCCCCC)C5CCCCCCCCCCC)C1CCCCCCCCCCC. The average Bonchev–Trinajstić information content (AvgIpc) is 1.22. The van der Waals surface area contributed by atoms with Gasteiger partial charge in [-0.3, -0.25) is 0 Å². The van der Waals surface area contributed by atoms with Crippen LogP contribution >= 0.6 is 0 Å². The van der Waals surface area contributed by atoms with Crippen molar-refractivity contribution in [3.8, 4) is 46.0 Å². The fourth-order valence-electron chi connectivity index (χ4n) is 18.8. The first-order valence-corrected chi connectivity index (χ1v) is 48.0. The molecule has 0 atom stereocenters. The number of hydrogen-bond donors (Lipinski definition) is 0. The smallest absolute Gasteiger partial charge is 0.490 e. The van der Waals surface area contributed by atoms with Gasteiger partial charge in [0.05, 0.1) is 21.9 Å². The normalized spacial score (nSPS) is 16.6. The highest BCUT2D eigenvalue weighted by molar-refractivity contribution is 6.65. The molecule has 0 aromatic heterocycles. The Balaban J connectivity index is 1.52. The van der Waals surface area contributed by atoms with Gasteiger partial charge in [-0.15, -0.1) is 0 Å². The summed E-state index contributed by atoms with van der Waals surface area (Å²) in [5.41, 5.74) is 11.4. The number of ether oxygens (including phenoxy) is 8. The average molecular weight is 1610 g/mol. The van der Waals surface area contributed by atoms with Gasteiger partial charge in [-0.1, -0.05) is 259 Å². The molecular formula is C96H156B4O16. The van der Waals surface area contributed by atoms with E-state index < -0.39 is 28.5 Å². The second-order valence-electron chi connectivity index (χ2n) is 32.9. The lowest BCUT2D eigenvalue weighted by atomic mass is 9.66. The van der Waals surface area contributed by atoms with Crippen molar-refractivity contribution in [1.82, 2.24) is 0 Å². The summed E-state index contributed by atoms with van der Waals surface area (Å²) in [6.07, 6.45) is 45.7. The topological polar surface area (TPSA) is 148 Å². The largest absolute Gasteiger partial charge is 0.501 e. The first-order chi connectivity index (χ1) is 57.2. The molecule has 0 saturated heterocycles. The molecule has 9 rings (SSSR count). The molecule has 5 aliphatic rings. The van der Waals surface area contributed by atoms with Crippen molar-refractivity contribution in [2.24, 2.45) is 0 Å². The predicted molar refractivity (Wildman–Crippen MR) is 479 cm³/mol. The molecule has 648 valence electrons. The van der Waals surface area contributed by atoms with Crippen LogP contribution in [0, 0.1) is 0 Å². The highest BCUT2D eigenvalue weighted by atomic mass is 16.6. The van der Waals surface area contributed by atoms with E-state index in [0.717, 1.165) is 169 Å². The van der Waals surface area contributed by atoms with E-state index in [1.54, 1.807) is 0 Å². The highest BCUT2D eigenvalue weighted by Gasteiger charge is 2.47. The molecule has 0 amide bonds. The Bertz CT molecular complexity index is 2820. The van der Waals surface area contributed by atoms with Gasteiger partial charge >= 0.3 is 28.5 Å². The third-order valence-electron chi connectivity index (χ3n) is 24.5. The van der Waals surface area contributed by atoms with E-state index >= 15 is 0 Å². The highest BCUT2D eigenvalue weighted by Crippen LogP contribution is 2.55. The minimum Gasteiger partial charge on any atom is -0.490 e. The van der Waals surface area contributed by atoms with Crippen molar-refractivity contribution in [3.05, 3.63) is 68.8 Å². The van der Waals surface area contributed by atoms with Crippen LogP contribution in [0.5, 0.6) is 46.0 Å². The van der Waals surface area contributed by atoms with Crippen molar-refractivity contribution in [2.75, 3.05) is 106 Å². The molecule has 0 saturated carbocycles. The van der Waals surface area contributed by atoms with Crippen molar-refractivity contribution < 1.29 is 75.1 Å². The van der Waals surface area contributed by atoms with Gasteiger partial charge < -0.3 is 75.1 Å². The van der Waals surface area contributed by atoms with Crippen LogP contribution in [-0.4, -0.2) is 134 Å². The van der Waals surface area contributed by atoms with E-state index in [-0.39, 0.29) is 76.5 Å². The van der Waals surface area contributed by atoms with Crippen molar-refractivity contribution in [2.45, 2.75) is 364 Å². The van der Waals surface area contributed by atoms with Gasteiger partial charge in [0.2, 0.25) is 0 Å². The molecule has 0 spiro atoms. The van der Waals surface area contributed by atoms with E-state index in [4.69, 9.17) is 75.1 Å². The summed E-state index contributed by atoms with van der Waals surface area (Å²) in [6, 6.07) is 10.1. The van der Waals surface area contributed by atoms with E-state index in [1.165, 1.54) is 154 Å². The van der Waals surface area contributed by atoms with Crippen LogP contribution in [0.4, 0.5) is 0 Å². The molecular weight excluding hydrogens is 1450 g/mol. The van der Waals surface area contributed by atoms with Crippen LogP contribution in [0.25, 0.3) is 0 Å². The van der Waals surface area contributed by atoms with E-state index in [9.17, 15) is 0 Å². The molecule has 0 N–H and O–H groups in total. The van der Waals surface area contributed by atoms with Gasteiger partial charge in [0, 0.05) is 121 Å². The van der Waals surface area contributed by atoms with Crippen molar-refractivity contribution >= 4 is 50.3 Å². The molecule has 4 heterocycles. The molecule has 4 aromatic carbocycles. The number of hydrogen-bond acceptors (Lipinski definition) is 16. The van der Waals surface area contributed by atoms with Gasteiger partial charge in [0.1, 0.15) is 98.9 Å². The lowest BCUT2D eigenvalue weighted by Crippen LogP contribution is -2.41. The molecule has 4 aliphatic heterocycles. The maximum atomic E-state index is 7.63. The van der Waals surface area contributed by atoms with Crippen LogP contribution in [0.1, 0.15) is 408 Å². The van der Waals surface area contributed by atoms with Crippen LogP contribution in [0.15, 0.2) is 24.3 Å². The molecule has 0 fully saturated rings. The second kappa shape index (κ2) is 54.6. The van der Waals surface area contributed by atoms with Crippen LogP contribution in [0.2, 0.25) is 0 Å². The van der Waals surface area contributed by atoms with E-state index in [0.29, 0.717) is 98.9 Å². The Kier molecular flexibility index (Phi) is 44.7. The summed E-state index contributed by atoms with van der Waals surface area (Å²) in [7, 11) is -3.48. The third-order valence-corrected chi connectivity index (χ3v) is 24.5. The monoisotopic (exact) mass is 1610 g/mol. The zero-order valence-electron chi connectivity index (χ0n) is 75.1. The van der Waals surface area contributed by atoms with E-state index in [2.05, 4.69) is 107 Å². The predicted octanol–water partition coefficient (Wildman–Crippen LogP) is 22.4. The molecule has 0 radical (unpaired) electrons. The fourth-order valence-corrected chi connectivity index (χ4v) is 18.8. The van der Waals surface area contributed by atoms with Crippen LogP contribution in [0.3, 0.4) is 0 Å². The summed E-state index contributed by atoms with van der Waals surface area (Å²) in [5.74, 6) is 4.34. The number of benzene rings is 4. The molecule has 16 nitrogen and oxygen atoms in total. The van der Waals surface area contributed by atoms with Crippen molar-refractivity contribution in [3.63, 3.8) is 0 Å². The Labute approximate surface area is 705 Å². The van der Waals surface area contributed by atoms with Gasteiger partial charge in [-0.2, -0.15) is 0 Å². The standard InChI is InChI=1S/C96H156B4O16/c1-13-25-29-33-37-41-45-49-53-57-73-77-69-79-74(58-54-50-46-42-38-34-30-26-14-2)81-71-83-76(60-56-52-48-44-40-36-32-28-16-4)84-72-82-75(59-55-51-47-43-39-35-31-27-15-3)80-70-78(73)90-86(98(111-19-7)112-20-8)92(80)104-64-66-106-94(82)88(100(115-23-11)116-24-12)96(84)108-68-67-107-95(83)87(99(113-21-9)114-22-10)93(81)105-65-63-103-91(79)85(89(77)101-61-62-102-90)97(109-17-5)110-18-6/h69-76H,13-68H2,1-12H3. The molecule has 0 unspecified atom stereocenters. The van der Waals surface area contributed by atoms with Crippen LogP contribution in [-0.2, 0) is 37.2 Å². The summed E-state index contributed by atoms with van der Waals surface area (Å²) >= 11 is 0. The lowest BCUT2D eigenvalue weighted by Gasteiger charge is -2.34. The first-order valence-electron chi connectivity index (χ1n) is 48.0. The Morgan fingerprint density at radius 3 is 0.457 bits per heavy atom. The summed E-state index contributed by atoms with van der Waals surface area (Å²) in [5, 5.41) is 0. The number of rotatable bonds is 60. The zero-order valence-corrected chi connectivity index (χ0v) is 75.1. The van der Waals surface area contributed by atoms with Gasteiger partial charge in [0.25, 0.3) is 0 Å². The lowest BCUT2D eigenvalue weighted by molar-refractivity contribution is 0.196. The Morgan fingerprint density at radius 2 is 0.328 bits per heavy atom. The fraction of sp³-hybridized carbons (Fsp3) is 0.750. The summed E-state index contributed by atoms with van der Waals surface area (Å²) < 4.78 is 117. The summed E-state index contributed by atoms with van der Waals surface area (Å²) in [4.78, 5) is 0. The van der Waals surface area contributed by atoms with Crippen molar-refractivity contribution in [1.29, 1.82) is 0 Å². The summed E-state index contributed by atoms with van der Waals surface area (Å²) in [6.45, 7) is 30.5. The molecule has 20 heteroatoms. The Hall–Kier alpha value is -4.78. The maximum absolute atomic E-state index is 7.63. The van der Waals surface area contributed by atoms with Gasteiger partial charge in [0.15, 0.2) is 0 Å². The second-order valence-corrected chi connectivity index (χ2v) is 32.9. The maximum Gasteiger partial charge on any atom is 0.501 e. The quantitative estimate of drug-likeness (QED) is 0.0305.